The van der Waals surface area contributed by atoms with Crippen molar-refractivity contribution in [2.75, 3.05) is 6.54 Å². The summed E-state index contributed by atoms with van der Waals surface area (Å²) >= 11 is 13.2. The Balaban J connectivity index is 1.83. The second kappa shape index (κ2) is 6.28. The van der Waals surface area contributed by atoms with Gasteiger partial charge in [0.15, 0.2) is 0 Å². The van der Waals surface area contributed by atoms with Gasteiger partial charge in [0.2, 0.25) is 10.0 Å². The van der Waals surface area contributed by atoms with Crippen LogP contribution >= 0.6 is 34.5 Å². The minimum Gasteiger partial charge on any atom is -0.357 e. The molecule has 8 heteroatoms. The van der Waals surface area contributed by atoms with Gasteiger partial charge in [-0.05, 0) is 30.5 Å². The highest BCUT2D eigenvalue weighted by atomic mass is 35.5. The first-order valence-electron chi connectivity index (χ1n) is 7.99. The molecule has 132 valence electrons. The molecule has 1 unspecified atom stereocenters. The maximum Gasteiger partial charge on any atom is 0.246 e. The normalized spacial score (nSPS) is 18.6. The largest absolute Gasteiger partial charge is 0.357 e. The maximum atomic E-state index is 13.2. The zero-order chi connectivity index (χ0) is 17.8. The summed E-state index contributed by atoms with van der Waals surface area (Å²) in [6.07, 6.45) is 1.35. The molecule has 25 heavy (non-hydrogen) atoms. The van der Waals surface area contributed by atoms with Crippen LogP contribution in [0.1, 0.15) is 30.6 Å². The van der Waals surface area contributed by atoms with Crippen molar-refractivity contribution in [2.45, 2.75) is 30.7 Å². The Morgan fingerprint density at radius 3 is 2.76 bits per heavy atom. The van der Waals surface area contributed by atoms with Gasteiger partial charge < -0.3 is 4.98 Å². The van der Waals surface area contributed by atoms with Gasteiger partial charge in [-0.3, -0.25) is 0 Å². The number of sulfonamides is 1. The lowest BCUT2D eigenvalue weighted by atomic mass is 9.98. The zero-order valence-corrected chi connectivity index (χ0v) is 16.6. The number of H-pyrrole nitrogens is 1. The SMILES string of the molecule is CCC1c2[nH]c3ccccc3c2CCN1S(=O)(=O)c1cc(Cl)sc1Cl. The minimum atomic E-state index is -3.71. The molecule has 2 aromatic heterocycles. The first kappa shape index (κ1) is 17.4. The molecule has 0 spiro atoms. The van der Waals surface area contributed by atoms with Gasteiger partial charge in [0.05, 0.1) is 10.4 Å². The van der Waals surface area contributed by atoms with Crippen molar-refractivity contribution in [3.63, 3.8) is 0 Å². The number of para-hydroxylation sites is 1. The molecule has 3 heterocycles. The highest BCUT2D eigenvalue weighted by Gasteiger charge is 2.38. The van der Waals surface area contributed by atoms with Crippen molar-refractivity contribution in [3.8, 4) is 0 Å². The van der Waals surface area contributed by atoms with E-state index in [1.807, 2.05) is 25.1 Å². The smallest absolute Gasteiger partial charge is 0.246 e. The minimum absolute atomic E-state index is 0.0992. The van der Waals surface area contributed by atoms with E-state index in [4.69, 9.17) is 23.2 Å². The molecule has 0 bridgehead atoms. The summed E-state index contributed by atoms with van der Waals surface area (Å²) in [6.45, 7) is 2.43. The van der Waals surface area contributed by atoms with Crippen molar-refractivity contribution < 1.29 is 8.42 Å². The summed E-state index contributed by atoms with van der Waals surface area (Å²) < 4.78 is 28.5. The molecule has 0 saturated carbocycles. The molecule has 3 aromatic rings. The topological polar surface area (TPSA) is 53.2 Å². The summed E-state index contributed by atoms with van der Waals surface area (Å²) in [4.78, 5) is 3.53. The van der Waals surface area contributed by atoms with Crippen LogP contribution in [0.15, 0.2) is 35.2 Å². The van der Waals surface area contributed by atoms with Crippen LogP contribution < -0.4 is 0 Å². The van der Waals surface area contributed by atoms with Gasteiger partial charge in [-0.2, -0.15) is 4.31 Å². The van der Waals surface area contributed by atoms with E-state index in [0.717, 1.165) is 22.5 Å². The van der Waals surface area contributed by atoms with E-state index < -0.39 is 10.0 Å². The van der Waals surface area contributed by atoms with Gasteiger partial charge in [0.25, 0.3) is 0 Å². The molecule has 0 radical (unpaired) electrons. The van der Waals surface area contributed by atoms with Crippen LogP contribution in [0.25, 0.3) is 10.9 Å². The predicted octanol–water partition coefficient (Wildman–Crippen LogP) is 5.23. The van der Waals surface area contributed by atoms with Crippen molar-refractivity contribution >= 4 is 55.5 Å². The molecule has 4 rings (SSSR count). The summed E-state index contributed by atoms with van der Waals surface area (Å²) in [6, 6.07) is 9.29. The molecule has 0 saturated heterocycles. The van der Waals surface area contributed by atoms with Crippen LogP contribution in [0, 0.1) is 0 Å². The third-order valence-electron chi connectivity index (χ3n) is 4.71. The highest BCUT2D eigenvalue weighted by molar-refractivity contribution is 7.89. The van der Waals surface area contributed by atoms with Crippen LogP contribution in [-0.4, -0.2) is 24.3 Å². The number of thiophene rings is 1. The lowest BCUT2D eigenvalue weighted by Crippen LogP contribution is -2.39. The van der Waals surface area contributed by atoms with Crippen molar-refractivity contribution in [3.05, 3.63) is 50.3 Å². The number of fused-ring (bicyclic) bond motifs is 3. The highest BCUT2D eigenvalue weighted by Crippen LogP contribution is 2.42. The molecule has 1 aliphatic heterocycles. The zero-order valence-electron chi connectivity index (χ0n) is 13.4. The van der Waals surface area contributed by atoms with Gasteiger partial charge in [-0.15, -0.1) is 11.3 Å². The monoisotopic (exact) mass is 414 g/mol. The molecule has 1 aromatic carbocycles. The lowest BCUT2D eigenvalue weighted by molar-refractivity contribution is 0.297. The van der Waals surface area contributed by atoms with Crippen molar-refractivity contribution in [2.24, 2.45) is 0 Å². The number of benzene rings is 1. The fraction of sp³-hybridized carbons (Fsp3) is 0.294. The number of halogens is 2. The Kier molecular flexibility index (Phi) is 4.37. The van der Waals surface area contributed by atoms with E-state index in [0.29, 0.717) is 23.7 Å². The Morgan fingerprint density at radius 2 is 2.08 bits per heavy atom. The van der Waals surface area contributed by atoms with Gasteiger partial charge in [0, 0.05) is 23.1 Å². The maximum absolute atomic E-state index is 13.2. The van der Waals surface area contributed by atoms with Crippen LogP contribution in [0.4, 0.5) is 0 Å². The van der Waals surface area contributed by atoms with Crippen molar-refractivity contribution in [1.29, 1.82) is 0 Å². The van der Waals surface area contributed by atoms with Crippen LogP contribution in [-0.2, 0) is 16.4 Å². The molecule has 1 N–H and O–H groups in total. The third kappa shape index (κ3) is 2.71. The van der Waals surface area contributed by atoms with E-state index in [1.54, 1.807) is 4.31 Å². The number of aromatic amines is 1. The first-order valence-corrected chi connectivity index (χ1v) is 11.0. The van der Waals surface area contributed by atoms with Crippen LogP contribution in [0.2, 0.25) is 8.67 Å². The summed E-state index contributed by atoms with van der Waals surface area (Å²) in [5, 5.41) is 1.17. The van der Waals surface area contributed by atoms with E-state index in [9.17, 15) is 8.42 Å². The van der Waals surface area contributed by atoms with Gasteiger partial charge in [0.1, 0.15) is 9.23 Å². The van der Waals surface area contributed by atoms with Crippen LogP contribution in [0.5, 0.6) is 0 Å². The first-order chi connectivity index (χ1) is 11.9. The Morgan fingerprint density at radius 1 is 1.32 bits per heavy atom. The third-order valence-corrected chi connectivity index (χ3v) is 8.37. The second-order valence-electron chi connectivity index (χ2n) is 6.04. The fourth-order valence-electron chi connectivity index (χ4n) is 3.62. The standard InChI is InChI=1S/C17H16Cl2N2O2S2/c1-2-13-16-11(10-5-3-4-6-12(10)20-16)7-8-21(13)25(22,23)14-9-15(18)24-17(14)19/h3-6,9,13,20H,2,7-8H2,1H3. The Labute approximate surface area is 160 Å². The molecular formula is C17H16Cl2N2O2S2. The molecule has 4 nitrogen and oxygen atoms in total. The molecule has 0 aliphatic carbocycles. The number of hydrogen-bond acceptors (Lipinski definition) is 3. The Hall–Kier alpha value is -1.05. The molecule has 1 atom stereocenters. The summed E-state index contributed by atoms with van der Waals surface area (Å²) in [5.74, 6) is 0. The van der Waals surface area contributed by atoms with Crippen LogP contribution in [0.3, 0.4) is 0 Å². The molecule has 0 amide bonds. The molecule has 0 fully saturated rings. The molecule has 1 aliphatic rings. The van der Waals surface area contributed by atoms with E-state index in [2.05, 4.69) is 11.1 Å². The second-order valence-corrected chi connectivity index (χ2v) is 10.2. The van der Waals surface area contributed by atoms with E-state index >= 15 is 0 Å². The summed E-state index contributed by atoms with van der Waals surface area (Å²) in [7, 11) is -3.71. The number of nitrogens with one attached hydrogen (secondary N) is 1. The number of aromatic nitrogens is 1. The molecular weight excluding hydrogens is 399 g/mol. The Bertz CT molecular complexity index is 1060. The predicted molar refractivity (Wildman–Crippen MR) is 103 cm³/mol. The van der Waals surface area contributed by atoms with E-state index in [1.165, 1.54) is 17.0 Å². The fourth-order valence-corrected chi connectivity index (χ4v) is 7.41. The quantitative estimate of drug-likeness (QED) is 0.637. The van der Waals surface area contributed by atoms with Crippen molar-refractivity contribution in [1.82, 2.24) is 9.29 Å². The van der Waals surface area contributed by atoms with Gasteiger partial charge in [-0.1, -0.05) is 48.3 Å². The van der Waals surface area contributed by atoms with Gasteiger partial charge >= 0.3 is 0 Å². The number of hydrogen-bond donors (Lipinski definition) is 1. The van der Waals surface area contributed by atoms with E-state index in [-0.39, 0.29) is 15.3 Å². The average Bonchev–Trinajstić information content (AvgIpc) is 3.13. The summed E-state index contributed by atoms with van der Waals surface area (Å²) in [5.41, 5.74) is 3.24. The number of rotatable bonds is 3. The lowest BCUT2D eigenvalue weighted by Gasteiger charge is -2.34. The average molecular weight is 415 g/mol. The van der Waals surface area contributed by atoms with Gasteiger partial charge in [-0.25, -0.2) is 8.42 Å². The number of nitrogens with zero attached hydrogens (tertiary/aromatic N) is 1.